The molecule has 0 aliphatic rings. The molecule has 7 heteroatoms. The van der Waals surface area contributed by atoms with E-state index in [0.29, 0.717) is 41.3 Å². The van der Waals surface area contributed by atoms with E-state index in [1.54, 1.807) is 13.2 Å². The molecule has 31 heavy (non-hydrogen) atoms. The maximum atomic E-state index is 12.4. The first-order valence-electron chi connectivity index (χ1n) is 10.1. The van der Waals surface area contributed by atoms with Gasteiger partial charge >= 0.3 is 5.63 Å². The lowest BCUT2D eigenvalue weighted by molar-refractivity contribution is -0.121. The number of methoxy groups -OCH3 is 1. The van der Waals surface area contributed by atoms with Gasteiger partial charge in [0.1, 0.15) is 11.3 Å². The van der Waals surface area contributed by atoms with Crippen LogP contribution in [0.1, 0.15) is 23.1 Å². The zero-order valence-electron chi connectivity index (χ0n) is 17.4. The van der Waals surface area contributed by atoms with Gasteiger partial charge in [-0.2, -0.15) is 0 Å². The van der Waals surface area contributed by atoms with Crippen LogP contribution in [-0.2, 0) is 17.6 Å². The summed E-state index contributed by atoms with van der Waals surface area (Å²) in [5.41, 5.74) is 3.54. The molecule has 2 aromatic carbocycles. The summed E-state index contributed by atoms with van der Waals surface area (Å²) in [4.78, 5) is 28.0. The lowest BCUT2D eigenvalue weighted by Crippen LogP contribution is -2.26. The van der Waals surface area contributed by atoms with Crippen LogP contribution in [0.5, 0.6) is 5.75 Å². The largest absolute Gasteiger partial charge is 0.497 e. The molecule has 0 saturated carbocycles. The monoisotopic (exact) mass is 438 g/mol. The number of hydrogen-bond acceptors (Lipinski definition) is 4. The van der Waals surface area contributed by atoms with Crippen LogP contribution in [0, 0.1) is 6.92 Å². The highest BCUT2D eigenvalue weighted by Crippen LogP contribution is 2.25. The predicted molar refractivity (Wildman–Crippen MR) is 122 cm³/mol. The minimum Gasteiger partial charge on any atom is -0.497 e. The molecular weight excluding hydrogens is 416 g/mol. The summed E-state index contributed by atoms with van der Waals surface area (Å²) in [5.74, 6) is 0.520. The highest BCUT2D eigenvalue weighted by Gasteiger charge is 2.14. The van der Waals surface area contributed by atoms with Gasteiger partial charge in [0.2, 0.25) is 5.91 Å². The number of carbonyl (C=O) groups excluding carboxylic acids is 1. The Labute approximate surface area is 184 Å². The van der Waals surface area contributed by atoms with Crippen LogP contribution in [0.15, 0.2) is 51.8 Å². The molecular formula is C24H23ClN2O4. The zero-order valence-corrected chi connectivity index (χ0v) is 18.1. The van der Waals surface area contributed by atoms with Crippen LogP contribution in [-0.4, -0.2) is 24.5 Å². The van der Waals surface area contributed by atoms with Crippen molar-refractivity contribution in [2.45, 2.75) is 26.2 Å². The van der Waals surface area contributed by atoms with Crippen LogP contribution in [0.3, 0.4) is 0 Å². The number of ether oxygens (including phenoxy) is 1. The summed E-state index contributed by atoms with van der Waals surface area (Å²) in [6, 6.07) is 11.1. The van der Waals surface area contributed by atoms with Crippen molar-refractivity contribution in [3.05, 3.63) is 74.7 Å². The van der Waals surface area contributed by atoms with Crippen molar-refractivity contribution in [3.8, 4) is 5.75 Å². The fraction of sp³-hybridized carbons (Fsp3) is 0.250. The average molecular weight is 439 g/mol. The van der Waals surface area contributed by atoms with Crippen molar-refractivity contribution in [2.75, 3.05) is 13.7 Å². The standard InChI is InChI=1S/C24H23ClN2O4/c1-14-18-5-4-17(30-2)12-22(18)31-24(29)19(14)6-8-23(28)26-10-9-15-13-27-21-7-3-16(25)11-20(15)21/h3-5,7,11-13,27H,6,8-10H2,1-2H3,(H,26,28). The van der Waals surface area contributed by atoms with Gasteiger partial charge in [-0.1, -0.05) is 11.6 Å². The number of benzene rings is 2. The number of amides is 1. The Morgan fingerprint density at radius 2 is 2.00 bits per heavy atom. The number of fused-ring (bicyclic) bond motifs is 2. The second-order valence-corrected chi connectivity index (χ2v) is 7.90. The number of carbonyl (C=O) groups is 1. The van der Waals surface area contributed by atoms with Gasteiger partial charge in [0.25, 0.3) is 0 Å². The van der Waals surface area contributed by atoms with Gasteiger partial charge in [0, 0.05) is 52.1 Å². The van der Waals surface area contributed by atoms with Crippen LogP contribution in [0.4, 0.5) is 0 Å². The molecule has 0 radical (unpaired) electrons. The quantitative estimate of drug-likeness (QED) is 0.415. The van der Waals surface area contributed by atoms with E-state index in [1.807, 2.05) is 43.5 Å². The van der Waals surface area contributed by atoms with Crippen LogP contribution < -0.4 is 15.7 Å². The Kier molecular flexibility index (Phi) is 6.00. The Hall–Kier alpha value is -3.25. The summed E-state index contributed by atoms with van der Waals surface area (Å²) >= 11 is 6.09. The summed E-state index contributed by atoms with van der Waals surface area (Å²) in [7, 11) is 1.56. The van der Waals surface area contributed by atoms with E-state index >= 15 is 0 Å². The molecule has 0 fully saturated rings. The smallest absolute Gasteiger partial charge is 0.339 e. The van der Waals surface area contributed by atoms with Gasteiger partial charge in [-0.3, -0.25) is 4.79 Å². The van der Waals surface area contributed by atoms with Gasteiger partial charge in [-0.05, 0) is 61.2 Å². The highest BCUT2D eigenvalue weighted by atomic mass is 35.5. The topological polar surface area (TPSA) is 84.3 Å². The summed E-state index contributed by atoms with van der Waals surface area (Å²) in [6.45, 7) is 2.38. The second-order valence-electron chi connectivity index (χ2n) is 7.46. The minimum atomic E-state index is -0.415. The molecule has 0 atom stereocenters. The van der Waals surface area contributed by atoms with E-state index in [9.17, 15) is 9.59 Å². The van der Waals surface area contributed by atoms with E-state index in [2.05, 4.69) is 10.3 Å². The molecule has 160 valence electrons. The number of hydrogen-bond donors (Lipinski definition) is 2. The van der Waals surface area contributed by atoms with E-state index in [0.717, 1.165) is 27.4 Å². The van der Waals surface area contributed by atoms with Gasteiger partial charge in [-0.25, -0.2) is 4.79 Å². The van der Waals surface area contributed by atoms with Gasteiger partial charge in [-0.15, -0.1) is 0 Å². The number of aryl methyl sites for hydroxylation is 1. The average Bonchev–Trinajstić information content (AvgIpc) is 3.15. The Morgan fingerprint density at radius 3 is 2.81 bits per heavy atom. The van der Waals surface area contributed by atoms with Crippen LogP contribution in [0.25, 0.3) is 21.9 Å². The molecule has 2 aromatic heterocycles. The molecule has 0 aliphatic carbocycles. The number of rotatable bonds is 7. The van der Waals surface area contributed by atoms with Gasteiger partial charge in [0.15, 0.2) is 0 Å². The second kappa shape index (κ2) is 8.86. The number of H-pyrrole nitrogens is 1. The van der Waals surface area contributed by atoms with Gasteiger partial charge in [0.05, 0.1) is 7.11 Å². The van der Waals surface area contributed by atoms with Crippen LogP contribution in [0.2, 0.25) is 5.02 Å². The number of aromatic nitrogens is 1. The van der Waals surface area contributed by atoms with Crippen molar-refractivity contribution in [3.63, 3.8) is 0 Å². The third kappa shape index (κ3) is 4.44. The Morgan fingerprint density at radius 1 is 1.16 bits per heavy atom. The predicted octanol–water partition coefficient (Wildman–Crippen LogP) is 4.54. The minimum absolute atomic E-state index is 0.105. The molecule has 4 aromatic rings. The third-order valence-corrected chi connectivity index (χ3v) is 5.78. The third-order valence-electron chi connectivity index (χ3n) is 5.54. The van der Waals surface area contributed by atoms with Crippen molar-refractivity contribution < 1.29 is 13.9 Å². The Bertz CT molecular complexity index is 1320. The van der Waals surface area contributed by atoms with Crippen molar-refractivity contribution >= 4 is 39.4 Å². The summed E-state index contributed by atoms with van der Waals surface area (Å²) in [6.07, 6.45) is 3.16. The maximum absolute atomic E-state index is 12.4. The molecule has 4 rings (SSSR count). The van der Waals surface area contributed by atoms with Crippen molar-refractivity contribution in [1.82, 2.24) is 10.3 Å². The lowest BCUT2D eigenvalue weighted by atomic mass is 10.0. The Balaban J connectivity index is 1.38. The zero-order chi connectivity index (χ0) is 22.0. The normalized spacial score (nSPS) is 11.2. The van der Waals surface area contributed by atoms with E-state index in [4.69, 9.17) is 20.8 Å². The fourth-order valence-electron chi connectivity index (χ4n) is 3.81. The van der Waals surface area contributed by atoms with Crippen LogP contribution >= 0.6 is 11.6 Å². The first-order chi connectivity index (χ1) is 15.0. The van der Waals surface area contributed by atoms with E-state index < -0.39 is 5.63 Å². The van der Waals surface area contributed by atoms with Gasteiger partial charge < -0.3 is 19.5 Å². The number of nitrogens with one attached hydrogen (secondary N) is 2. The molecule has 0 saturated heterocycles. The lowest BCUT2D eigenvalue weighted by Gasteiger charge is -2.09. The van der Waals surface area contributed by atoms with Crippen molar-refractivity contribution in [1.29, 1.82) is 0 Å². The molecule has 0 aliphatic heterocycles. The molecule has 0 spiro atoms. The first kappa shape index (κ1) is 21.0. The molecule has 1 amide bonds. The molecule has 0 bridgehead atoms. The maximum Gasteiger partial charge on any atom is 0.339 e. The van der Waals surface area contributed by atoms with E-state index in [1.165, 1.54) is 0 Å². The number of aromatic amines is 1. The summed E-state index contributed by atoms with van der Waals surface area (Å²) < 4.78 is 10.6. The van der Waals surface area contributed by atoms with Crippen molar-refractivity contribution in [2.24, 2.45) is 0 Å². The first-order valence-corrected chi connectivity index (χ1v) is 10.5. The molecule has 2 N–H and O–H groups in total. The highest BCUT2D eigenvalue weighted by molar-refractivity contribution is 6.31. The molecule has 6 nitrogen and oxygen atoms in total. The fourth-order valence-corrected chi connectivity index (χ4v) is 3.98. The van der Waals surface area contributed by atoms with E-state index in [-0.39, 0.29) is 12.3 Å². The molecule has 2 heterocycles. The molecule has 0 unspecified atom stereocenters. The summed E-state index contributed by atoms with van der Waals surface area (Å²) in [5, 5.41) is 5.51. The SMILES string of the molecule is COc1ccc2c(C)c(CCC(=O)NCCc3c[nH]c4ccc(Cl)cc34)c(=O)oc2c1. The number of halogens is 1.